The van der Waals surface area contributed by atoms with Crippen molar-refractivity contribution in [3.8, 4) is 0 Å². The number of rotatable bonds is 13. The Morgan fingerprint density at radius 3 is 2.60 bits per heavy atom. The molecule has 2 aromatic rings. The summed E-state index contributed by atoms with van der Waals surface area (Å²) in [4.78, 5) is 38.5. The number of nitrogens with zero attached hydrogens (tertiary/aromatic N) is 1. The third kappa shape index (κ3) is 7.78. The molecule has 0 aliphatic carbocycles. The number of H-pyrrole nitrogens is 1. The number of aromatic nitrogens is 2. The summed E-state index contributed by atoms with van der Waals surface area (Å²) in [7, 11) is -4.04. The molecule has 1 fully saturated rings. The smallest absolute Gasteiger partial charge is 0.395 e. The normalized spacial score (nSPS) is 24.6. The van der Waals surface area contributed by atoms with Gasteiger partial charge in [-0.2, -0.15) is 0 Å². The first-order valence-corrected chi connectivity index (χ1v) is 15.1. The van der Waals surface area contributed by atoms with Crippen LogP contribution in [0.3, 0.4) is 0 Å². The van der Waals surface area contributed by atoms with Crippen LogP contribution in [0.15, 0.2) is 46.1 Å². The fourth-order valence-electron chi connectivity index (χ4n) is 3.77. The first-order chi connectivity index (χ1) is 18.7. The fourth-order valence-corrected chi connectivity index (χ4v) is 6.01. The third-order valence-electron chi connectivity index (χ3n) is 6.41. The summed E-state index contributed by atoms with van der Waals surface area (Å²) in [5.74, 6) is 0.135. The summed E-state index contributed by atoms with van der Waals surface area (Å²) < 4.78 is 31.5. The minimum absolute atomic E-state index is 0.113. The van der Waals surface area contributed by atoms with Crippen molar-refractivity contribution in [1.82, 2.24) is 14.6 Å². The Balaban J connectivity index is 1.71. The third-order valence-corrected chi connectivity index (χ3v) is 9.15. The van der Waals surface area contributed by atoms with Gasteiger partial charge in [0.1, 0.15) is 17.8 Å². The zero-order valence-corrected chi connectivity index (χ0v) is 24.4. The first-order valence-electron chi connectivity index (χ1n) is 12.5. The topological polar surface area (TPSA) is 189 Å². The summed E-state index contributed by atoms with van der Waals surface area (Å²) in [6, 6.07) is 9.05. The fraction of sp³-hybridized carbons (Fsp3) is 0.560. The number of benzene rings is 1. The Labute approximate surface area is 235 Å². The summed E-state index contributed by atoms with van der Waals surface area (Å²) in [5, 5.41) is 33.6. The molecular weight excluding hydrogens is 565 g/mol. The second kappa shape index (κ2) is 13.2. The molecule has 13 nitrogen and oxygen atoms in total. The molecule has 0 radical (unpaired) electrons. The van der Waals surface area contributed by atoms with Crippen LogP contribution in [0.25, 0.3) is 0 Å². The molecule has 222 valence electrons. The number of carbonyl (C=O) groups is 1. The van der Waals surface area contributed by atoms with Crippen molar-refractivity contribution in [3.63, 3.8) is 0 Å². The monoisotopic (exact) mass is 601 g/mol. The van der Waals surface area contributed by atoms with Gasteiger partial charge in [-0.1, -0.05) is 42.1 Å². The van der Waals surface area contributed by atoms with Crippen molar-refractivity contribution < 1.29 is 38.5 Å². The zero-order chi connectivity index (χ0) is 29.7. The lowest BCUT2D eigenvalue weighted by Crippen LogP contribution is -2.47. The zero-order valence-electron chi connectivity index (χ0n) is 22.7. The Hall–Kier alpha value is -2.13. The Morgan fingerprint density at radius 2 is 1.95 bits per heavy atom. The summed E-state index contributed by atoms with van der Waals surface area (Å²) in [5.41, 5.74) is -3.37. The molecule has 0 bridgehead atoms. The van der Waals surface area contributed by atoms with E-state index >= 15 is 0 Å². The summed E-state index contributed by atoms with van der Waals surface area (Å²) in [6.45, 7) is 5.11. The molecule has 1 aromatic heterocycles. The van der Waals surface area contributed by atoms with Gasteiger partial charge in [0, 0.05) is 24.1 Å². The molecule has 2 unspecified atom stereocenters. The standard InChI is InChI=1S/C25H36N3O10PS/c1-16-13-28(23(33)27-20(16)31)21-25(4,34)19(30)18(38-21)14-37-39(35,26-12-17-8-6-5-7-9-17)36-10-11-40-22(32)24(2,3)15-29/h5-9,13,18-19,21,29-30,34H,10-12,14-15H2,1-4H3,(H,26,35)(H,27,31,33)/t18-,19+,21-,25?,39?/m1/s1. The van der Waals surface area contributed by atoms with Crippen LogP contribution in [0, 0.1) is 12.3 Å². The summed E-state index contributed by atoms with van der Waals surface area (Å²) in [6.07, 6.45) is -2.96. The van der Waals surface area contributed by atoms with Gasteiger partial charge in [0.05, 0.1) is 25.2 Å². The van der Waals surface area contributed by atoms with Gasteiger partial charge in [-0.15, -0.1) is 0 Å². The van der Waals surface area contributed by atoms with Gasteiger partial charge >= 0.3 is 13.4 Å². The molecule has 1 aromatic carbocycles. The van der Waals surface area contributed by atoms with Gasteiger partial charge in [-0.25, -0.2) is 14.4 Å². The van der Waals surface area contributed by atoms with E-state index in [1.807, 2.05) is 6.07 Å². The number of aromatic amines is 1. The second-order valence-electron chi connectivity index (χ2n) is 10.3. The molecule has 40 heavy (non-hydrogen) atoms. The van der Waals surface area contributed by atoms with Gasteiger partial charge in [0.15, 0.2) is 11.3 Å². The molecule has 3 rings (SSSR count). The van der Waals surface area contributed by atoms with Gasteiger partial charge in [-0.05, 0) is 33.3 Å². The van der Waals surface area contributed by atoms with Crippen LogP contribution in [0.2, 0.25) is 0 Å². The number of nitrogens with one attached hydrogen (secondary N) is 2. The minimum atomic E-state index is -4.04. The second-order valence-corrected chi connectivity index (χ2v) is 13.2. The first kappa shape index (κ1) is 32.4. The van der Waals surface area contributed by atoms with Crippen LogP contribution in [-0.4, -0.2) is 73.4 Å². The van der Waals surface area contributed by atoms with Crippen LogP contribution in [0.5, 0.6) is 0 Å². The van der Waals surface area contributed by atoms with Gasteiger partial charge < -0.3 is 20.1 Å². The van der Waals surface area contributed by atoms with Gasteiger partial charge in [0.25, 0.3) is 5.56 Å². The number of ether oxygens (including phenoxy) is 1. The van der Waals surface area contributed by atoms with Crippen molar-refractivity contribution in [3.05, 3.63) is 68.5 Å². The number of aliphatic hydroxyl groups is 3. The largest absolute Gasteiger partial charge is 0.405 e. The lowest BCUT2D eigenvalue weighted by Gasteiger charge is -2.27. The van der Waals surface area contributed by atoms with Crippen molar-refractivity contribution in [2.45, 2.75) is 58.3 Å². The molecule has 0 spiro atoms. The summed E-state index contributed by atoms with van der Waals surface area (Å²) >= 11 is 0.924. The van der Waals surface area contributed by atoms with Crippen molar-refractivity contribution in [1.29, 1.82) is 0 Å². The van der Waals surface area contributed by atoms with E-state index < -0.39 is 55.1 Å². The van der Waals surface area contributed by atoms with E-state index in [9.17, 15) is 34.3 Å². The van der Waals surface area contributed by atoms with E-state index in [1.165, 1.54) is 20.0 Å². The van der Waals surface area contributed by atoms with Crippen LogP contribution in [-0.2, 0) is 29.7 Å². The number of thioether (sulfide) groups is 1. The van der Waals surface area contributed by atoms with E-state index in [-0.39, 0.29) is 36.2 Å². The van der Waals surface area contributed by atoms with E-state index in [2.05, 4.69) is 10.1 Å². The van der Waals surface area contributed by atoms with Crippen LogP contribution in [0.4, 0.5) is 0 Å². The molecule has 1 saturated heterocycles. The molecule has 0 amide bonds. The van der Waals surface area contributed by atoms with Crippen molar-refractivity contribution in [2.24, 2.45) is 5.41 Å². The van der Waals surface area contributed by atoms with Crippen molar-refractivity contribution in [2.75, 3.05) is 25.6 Å². The highest BCUT2D eigenvalue weighted by atomic mass is 32.2. The predicted molar refractivity (Wildman–Crippen MR) is 148 cm³/mol. The predicted octanol–water partition coefficient (Wildman–Crippen LogP) is 1.06. The molecule has 2 heterocycles. The highest BCUT2D eigenvalue weighted by Gasteiger charge is 2.54. The lowest BCUT2D eigenvalue weighted by atomic mass is 9.96. The van der Waals surface area contributed by atoms with E-state index in [0.29, 0.717) is 0 Å². The molecular formula is C25H36N3O10PS. The highest BCUT2D eigenvalue weighted by Crippen LogP contribution is 2.46. The van der Waals surface area contributed by atoms with Gasteiger partial charge in [0.2, 0.25) is 0 Å². The van der Waals surface area contributed by atoms with E-state index in [1.54, 1.807) is 38.1 Å². The Kier molecular flexibility index (Phi) is 10.7. The Bertz CT molecular complexity index is 1330. The number of hydrogen-bond acceptors (Lipinski definition) is 11. The maximum atomic E-state index is 13.6. The molecule has 1 aliphatic rings. The highest BCUT2D eigenvalue weighted by molar-refractivity contribution is 8.13. The molecule has 0 saturated carbocycles. The average molecular weight is 602 g/mol. The molecule has 5 atom stereocenters. The molecule has 5 N–H and O–H groups in total. The molecule has 1 aliphatic heterocycles. The van der Waals surface area contributed by atoms with Crippen molar-refractivity contribution >= 4 is 24.6 Å². The number of aryl methyl sites for hydroxylation is 1. The molecule has 15 heteroatoms. The number of hydrogen-bond donors (Lipinski definition) is 5. The quantitative estimate of drug-likeness (QED) is 0.162. The SMILES string of the molecule is Cc1cn([C@@H]2O[C@H](COP(=O)(NCc3ccccc3)OCCSC(=O)C(C)(C)CO)[C@H](O)C2(C)O)c(=O)[nH]c1=O. The average Bonchev–Trinajstić information content (AvgIpc) is 3.14. The maximum absolute atomic E-state index is 13.6. The van der Waals surface area contributed by atoms with Crippen LogP contribution < -0.4 is 16.3 Å². The van der Waals surface area contributed by atoms with E-state index in [0.717, 1.165) is 21.9 Å². The Morgan fingerprint density at radius 1 is 1.27 bits per heavy atom. The number of aliphatic hydroxyl groups excluding tert-OH is 2. The van der Waals surface area contributed by atoms with Gasteiger partial charge in [-0.3, -0.25) is 28.2 Å². The maximum Gasteiger partial charge on any atom is 0.405 e. The van der Waals surface area contributed by atoms with E-state index in [4.69, 9.17) is 13.8 Å². The lowest BCUT2D eigenvalue weighted by molar-refractivity contribution is -0.119. The minimum Gasteiger partial charge on any atom is -0.395 e. The van der Waals surface area contributed by atoms with Crippen LogP contribution in [0.1, 0.15) is 38.1 Å². The number of carbonyl (C=O) groups excluding carboxylic acids is 1. The van der Waals surface area contributed by atoms with Crippen LogP contribution >= 0.6 is 19.5 Å².